The van der Waals surface area contributed by atoms with Gasteiger partial charge in [0.1, 0.15) is 6.10 Å². The Balaban J connectivity index is 2.02. The van der Waals surface area contributed by atoms with Gasteiger partial charge in [0, 0.05) is 16.6 Å². The van der Waals surface area contributed by atoms with E-state index in [0.29, 0.717) is 13.2 Å². The van der Waals surface area contributed by atoms with Crippen LogP contribution in [0.5, 0.6) is 0 Å². The lowest BCUT2D eigenvalue weighted by atomic mass is 9.99. The van der Waals surface area contributed by atoms with Crippen molar-refractivity contribution in [3.63, 3.8) is 0 Å². The van der Waals surface area contributed by atoms with Crippen LogP contribution in [-0.4, -0.2) is 29.3 Å². The summed E-state index contributed by atoms with van der Waals surface area (Å²) >= 11 is 0. The zero-order chi connectivity index (χ0) is 15.7. The van der Waals surface area contributed by atoms with E-state index in [1.165, 1.54) is 5.56 Å². The maximum absolute atomic E-state index is 11.8. The fourth-order valence-corrected chi connectivity index (χ4v) is 3.13. The molecule has 0 aliphatic carbocycles. The molecular weight excluding hydrogens is 282 g/mol. The molecule has 0 radical (unpaired) electrons. The van der Waals surface area contributed by atoms with Crippen LogP contribution in [0.25, 0.3) is 10.9 Å². The maximum atomic E-state index is 11.8. The summed E-state index contributed by atoms with van der Waals surface area (Å²) in [6.45, 7) is 4.50. The van der Waals surface area contributed by atoms with E-state index in [1.807, 2.05) is 18.2 Å². The van der Waals surface area contributed by atoms with Crippen molar-refractivity contribution in [3.8, 4) is 0 Å². The highest BCUT2D eigenvalue weighted by Crippen LogP contribution is 2.36. The highest BCUT2D eigenvalue weighted by Gasteiger charge is 2.28. The first-order valence-corrected chi connectivity index (χ1v) is 7.70. The number of hydrogen-bond acceptors (Lipinski definition) is 4. The lowest BCUT2D eigenvalue weighted by Crippen LogP contribution is -2.19. The third-order valence-corrected chi connectivity index (χ3v) is 4.11. The number of aromatic amines is 1. The van der Waals surface area contributed by atoms with E-state index < -0.39 is 6.10 Å². The Morgan fingerprint density at radius 2 is 2.36 bits per heavy atom. The molecule has 0 bridgehead atoms. The van der Waals surface area contributed by atoms with E-state index >= 15 is 0 Å². The molecule has 2 atom stereocenters. The number of rotatable bonds is 4. The van der Waals surface area contributed by atoms with E-state index in [4.69, 9.17) is 9.47 Å². The van der Waals surface area contributed by atoms with Gasteiger partial charge in [-0.3, -0.25) is 4.79 Å². The van der Waals surface area contributed by atoms with E-state index in [9.17, 15) is 9.90 Å². The first-order chi connectivity index (χ1) is 10.6. The van der Waals surface area contributed by atoms with Gasteiger partial charge in [-0.15, -0.1) is 0 Å². The van der Waals surface area contributed by atoms with E-state index in [0.717, 1.165) is 28.6 Å². The van der Waals surface area contributed by atoms with Gasteiger partial charge < -0.3 is 19.6 Å². The average molecular weight is 303 g/mol. The molecule has 1 aromatic carbocycles. The summed E-state index contributed by atoms with van der Waals surface area (Å²) in [6, 6.07) is 5.91. The number of aliphatic hydroxyl groups excluding tert-OH is 1. The number of aromatic nitrogens is 1. The van der Waals surface area contributed by atoms with Gasteiger partial charge in [-0.1, -0.05) is 18.2 Å². The molecule has 0 saturated carbocycles. The number of nitrogens with one attached hydrogen (secondary N) is 1. The molecule has 0 saturated heterocycles. The maximum Gasteiger partial charge on any atom is 0.308 e. The lowest BCUT2D eigenvalue weighted by Gasteiger charge is -2.22. The van der Waals surface area contributed by atoms with E-state index in [1.54, 1.807) is 13.8 Å². The molecule has 22 heavy (non-hydrogen) atoms. The zero-order valence-electron chi connectivity index (χ0n) is 12.9. The predicted octanol–water partition coefficient (Wildman–Crippen LogP) is 2.79. The Kier molecular flexibility index (Phi) is 4.18. The Morgan fingerprint density at radius 1 is 1.55 bits per heavy atom. The Labute approximate surface area is 129 Å². The molecule has 5 heteroatoms. The zero-order valence-corrected chi connectivity index (χ0v) is 12.9. The molecule has 2 N–H and O–H groups in total. The number of fused-ring (bicyclic) bond motifs is 3. The van der Waals surface area contributed by atoms with Gasteiger partial charge >= 0.3 is 5.97 Å². The standard InChI is InChI=1S/C17H21NO4/c1-3-21-15(20)9-14-17-13(7-8-22-14)12-6-4-5-11(10(2)19)16(12)18-17/h4-6,10,14,18-19H,3,7-9H2,1-2H3. The number of benzene rings is 1. The van der Waals surface area contributed by atoms with Gasteiger partial charge in [-0.05, 0) is 25.8 Å². The topological polar surface area (TPSA) is 71.5 Å². The van der Waals surface area contributed by atoms with Crippen molar-refractivity contribution < 1.29 is 19.4 Å². The molecule has 1 aliphatic heterocycles. The monoisotopic (exact) mass is 303 g/mol. The molecule has 1 aromatic heterocycles. The molecule has 2 heterocycles. The molecule has 5 nitrogen and oxygen atoms in total. The van der Waals surface area contributed by atoms with Crippen molar-refractivity contribution in [1.29, 1.82) is 0 Å². The Morgan fingerprint density at radius 3 is 3.09 bits per heavy atom. The predicted molar refractivity (Wildman–Crippen MR) is 82.6 cm³/mol. The number of aliphatic hydroxyl groups is 1. The van der Waals surface area contributed by atoms with Crippen molar-refractivity contribution in [2.45, 2.75) is 38.9 Å². The van der Waals surface area contributed by atoms with Crippen molar-refractivity contribution in [2.24, 2.45) is 0 Å². The second-order valence-corrected chi connectivity index (χ2v) is 5.58. The number of hydrogen-bond donors (Lipinski definition) is 2. The minimum atomic E-state index is -0.548. The highest BCUT2D eigenvalue weighted by atomic mass is 16.5. The van der Waals surface area contributed by atoms with Crippen LogP contribution in [0.15, 0.2) is 18.2 Å². The van der Waals surface area contributed by atoms with Crippen molar-refractivity contribution in [2.75, 3.05) is 13.2 Å². The fourth-order valence-electron chi connectivity index (χ4n) is 3.13. The summed E-state index contributed by atoms with van der Waals surface area (Å²) < 4.78 is 10.8. The first kappa shape index (κ1) is 15.1. The summed E-state index contributed by atoms with van der Waals surface area (Å²) in [6.07, 6.45) is 0.153. The number of carbonyl (C=O) groups is 1. The Hall–Kier alpha value is -1.85. The van der Waals surface area contributed by atoms with Crippen molar-refractivity contribution in [1.82, 2.24) is 4.98 Å². The molecular formula is C17H21NO4. The van der Waals surface area contributed by atoms with Crippen LogP contribution in [0.2, 0.25) is 0 Å². The van der Waals surface area contributed by atoms with Crippen LogP contribution in [0.3, 0.4) is 0 Å². The molecule has 0 fully saturated rings. The summed E-state index contributed by atoms with van der Waals surface area (Å²) in [5, 5.41) is 11.0. The van der Waals surface area contributed by atoms with Gasteiger partial charge in [0.2, 0.25) is 0 Å². The van der Waals surface area contributed by atoms with E-state index in [-0.39, 0.29) is 18.5 Å². The van der Waals surface area contributed by atoms with Gasteiger partial charge in [-0.25, -0.2) is 0 Å². The van der Waals surface area contributed by atoms with Crippen LogP contribution >= 0.6 is 0 Å². The summed E-state index contributed by atoms with van der Waals surface area (Å²) in [5.41, 5.74) is 3.91. The molecule has 0 amide bonds. The number of carbonyl (C=O) groups excluding carboxylic acids is 1. The van der Waals surface area contributed by atoms with E-state index in [2.05, 4.69) is 4.98 Å². The minimum Gasteiger partial charge on any atom is -0.466 e. The van der Waals surface area contributed by atoms with Crippen molar-refractivity contribution in [3.05, 3.63) is 35.0 Å². The second kappa shape index (κ2) is 6.10. The molecule has 0 spiro atoms. The largest absolute Gasteiger partial charge is 0.466 e. The smallest absolute Gasteiger partial charge is 0.308 e. The summed E-state index contributed by atoms with van der Waals surface area (Å²) in [5.74, 6) is -0.255. The third kappa shape index (κ3) is 2.62. The van der Waals surface area contributed by atoms with Gasteiger partial charge in [0.25, 0.3) is 0 Å². The second-order valence-electron chi connectivity index (χ2n) is 5.58. The van der Waals surface area contributed by atoms with Gasteiger partial charge in [0.15, 0.2) is 0 Å². The quantitative estimate of drug-likeness (QED) is 0.852. The average Bonchev–Trinajstić information content (AvgIpc) is 2.87. The fraction of sp³-hybridized carbons (Fsp3) is 0.471. The SMILES string of the molecule is CCOC(=O)CC1OCCc2c1[nH]c1c(C(C)O)cccc21. The normalized spacial score (nSPS) is 19.0. The number of H-pyrrole nitrogens is 1. The number of ether oxygens (including phenoxy) is 2. The minimum absolute atomic E-state index is 0.206. The first-order valence-electron chi connectivity index (χ1n) is 7.70. The molecule has 2 aromatic rings. The summed E-state index contributed by atoms with van der Waals surface area (Å²) in [4.78, 5) is 15.1. The van der Waals surface area contributed by atoms with Gasteiger partial charge in [-0.2, -0.15) is 0 Å². The van der Waals surface area contributed by atoms with Crippen LogP contribution < -0.4 is 0 Å². The summed E-state index contributed by atoms with van der Waals surface area (Å²) in [7, 11) is 0. The molecule has 2 unspecified atom stereocenters. The van der Waals surface area contributed by atoms with Gasteiger partial charge in [0.05, 0.1) is 31.3 Å². The molecule has 1 aliphatic rings. The Bertz CT molecular complexity index is 689. The number of esters is 1. The number of para-hydroxylation sites is 1. The van der Waals surface area contributed by atoms with Crippen LogP contribution in [-0.2, 0) is 20.7 Å². The van der Waals surface area contributed by atoms with Crippen molar-refractivity contribution >= 4 is 16.9 Å². The van der Waals surface area contributed by atoms with Crippen LogP contribution in [0.1, 0.15) is 49.3 Å². The van der Waals surface area contributed by atoms with Crippen LogP contribution in [0, 0.1) is 0 Å². The van der Waals surface area contributed by atoms with Crippen LogP contribution in [0.4, 0.5) is 0 Å². The molecule has 118 valence electrons. The molecule has 3 rings (SSSR count). The lowest BCUT2D eigenvalue weighted by molar-refractivity contribution is -0.146. The third-order valence-electron chi connectivity index (χ3n) is 4.11. The highest BCUT2D eigenvalue weighted by molar-refractivity contribution is 5.88.